The fourth-order valence-electron chi connectivity index (χ4n) is 2.13. The number of nitrogens with one attached hydrogen (secondary N) is 1. The van der Waals surface area contributed by atoms with Crippen LogP contribution in [0.15, 0.2) is 22.7 Å². The van der Waals surface area contributed by atoms with Gasteiger partial charge in [-0.25, -0.2) is 0 Å². The second kappa shape index (κ2) is 5.49. The normalized spacial score (nSPS) is 17.4. The van der Waals surface area contributed by atoms with Crippen molar-refractivity contribution in [2.75, 3.05) is 6.61 Å². The molecular formula is C13H15BrN2O4. The summed E-state index contributed by atoms with van der Waals surface area (Å²) in [7, 11) is 0. The van der Waals surface area contributed by atoms with Gasteiger partial charge in [0.25, 0.3) is 11.6 Å². The first-order chi connectivity index (χ1) is 9.35. The molecule has 0 bridgehead atoms. The summed E-state index contributed by atoms with van der Waals surface area (Å²) < 4.78 is 0.467. The topological polar surface area (TPSA) is 92.5 Å². The number of halogens is 1. The van der Waals surface area contributed by atoms with Crippen LogP contribution in [0.1, 0.15) is 30.1 Å². The fourth-order valence-corrected chi connectivity index (χ4v) is 2.61. The Bertz CT molecular complexity index is 559. The number of benzene rings is 1. The highest BCUT2D eigenvalue weighted by Crippen LogP contribution is 2.39. The quantitative estimate of drug-likeness (QED) is 0.634. The van der Waals surface area contributed by atoms with E-state index >= 15 is 0 Å². The number of carbonyl (C=O) groups is 1. The summed E-state index contributed by atoms with van der Waals surface area (Å²) >= 11 is 3.15. The number of nitrogens with zero attached hydrogens (tertiary/aromatic N) is 1. The molecule has 0 heterocycles. The van der Waals surface area contributed by atoms with Crippen LogP contribution < -0.4 is 5.32 Å². The third kappa shape index (κ3) is 3.16. The van der Waals surface area contributed by atoms with Crippen molar-refractivity contribution in [1.29, 1.82) is 0 Å². The van der Waals surface area contributed by atoms with Crippen LogP contribution in [-0.2, 0) is 0 Å². The maximum absolute atomic E-state index is 12.2. The van der Waals surface area contributed by atoms with E-state index in [0.29, 0.717) is 4.47 Å². The summed E-state index contributed by atoms with van der Waals surface area (Å²) in [6.45, 7) is 1.63. The summed E-state index contributed by atoms with van der Waals surface area (Å²) in [4.78, 5) is 22.5. The van der Waals surface area contributed by atoms with Gasteiger partial charge in [0.2, 0.25) is 0 Å². The Morgan fingerprint density at radius 1 is 1.55 bits per heavy atom. The van der Waals surface area contributed by atoms with Crippen LogP contribution in [0.25, 0.3) is 0 Å². The molecule has 1 aliphatic rings. The first-order valence-corrected chi connectivity index (χ1v) is 7.03. The number of nitro groups is 1. The lowest BCUT2D eigenvalue weighted by Gasteiger charge is -2.28. The molecule has 108 valence electrons. The second-order valence-corrected chi connectivity index (χ2v) is 6.17. The maximum Gasteiger partial charge on any atom is 0.271 e. The van der Waals surface area contributed by atoms with Crippen LogP contribution in [0, 0.1) is 16.0 Å². The molecule has 1 aromatic rings. The maximum atomic E-state index is 12.2. The summed E-state index contributed by atoms with van der Waals surface area (Å²) in [6, 6.07) is 4.08. The minimum Gasteiger partial charge on any atom is -0.394 e. The Hall–Kier alpha value is -1.47. The van der Waals surface area contributed by atoms with Crippen molar-refractivity contribution in [3.8, 4) is 0 Å². The molecule has 7 heteroatoms. The number of hydrogen-bond acceptors (Lipinski definition) is 4. The number of nitro benzene ring substituents is 1. The first kappa shape index (κ1) is 14.9. The number of non-ortho nitro benzene ring substituents is 1. The minimum atomic E-state index is -0.672. The molecule has 1 unspecified atom stereocenters. The molecule has 0 saturated heterocycles. The van der Waals surface area contributed by atoms with Gasteiger partial charge in [-0.1, -0.05) is 15.9 Å². The molecule has 6 nitrogen and oxygen atoms in total. The highest BCUT2D eigenvalue weighted by Gasteiger charge is 2.42. The molecule has 1 atom stereocenters. The van der Waals surface area contributed by atoms with E-state index in [-0.39, 0.29) is 23.8 Å². The van der Waals surface area contributed by atoms with E-state index in [9.17, 15) is 20.0 Å². The van der Waals surface area contributed by atoms with Crippen molar-refractivity contribution in [2.45, 2.75) is 25.3 Å². The van der Waals surface area contributed by atoms with Crippen LogP contribution >= 0.6 is 15.9 Å². The Morgan fingerprint density at radius 2 is 2.20 bits per heavy atom. The van der Waals surface area contributed by atoms with Gasteiger partial charge in [-0.3, -0.25) is 14.9 Å². The van der Waals surface area contributed by atoms with Gasteiger partial charge in [0.1, 0.15) is 0 Å². The van der Waals surface area contributed by atoms with Gasteiger partial charge in [-0.15, -0.1) is 0 Å². The Labute approximate surface area is 124 Å². The predicted octanol–water partition coefficient (Wildman–Crippen LogP) is 2.25. The van der Waals surface area contributed by atoms with E-state index in [4.69, 9.17) is 0 Å². The molecule has 1 saturated carbocycles. The molecule has 0 radical (unpaired) electrons. The monoisotopic (exact) mass is 342 g/mol. The lowest BCUT2D eigenvalue weighted by Crippen LogP contribution is -2.50. The summed E-state index contributed by atoms with van der Waals surface area (Å²) in [5.41, 5.74) is -0.623. The summed E-state index contributed by atoms with van der Waals surface area (Å²) in [5.74, 6) is -0.156. The third-order valence-electron chi connectivity index (χ3n) is 3.56. The van der Waals surface area contributed by atoms with E-state index in [1.54, 1.807) is 6.92 Å². The molecule has 20 heavy (non-hydrogen) atoms. The van der Waals surface area contributed by atoms with Crippen molar-refractivity contribution >= 4 is 27.5 Å². The average molecular weight is 343 g/mol. The summed E-state index contributed by atoms with van der Waals surface area (Å²) in [5, 5.41) is 23.0. The van der Waals surface area contributed by atoms with Gasteiger partial charge >= 0.3 is 0 Å². The van der Waals surface area contributed by atoms with Crippen molar-refractivity contribution in [2.24, 2.45) is 5.92 Å². The molecule has 0 spiro atoms. The highest BCUT2D eigenvalue weighted by atomic mass is 79.9. The zero-order valence-corrected chi connectivity index (χ0v) is 12.5. The zero-order valence-electron chi connectivity index (χ0n) is 10.9. The van der Waals surface area contributed by atoms with E-state index < -0.39 is 16.4 Å². The van der Waals surface area contributed by atoms with Crippen LogP contribution in [-0.4, -0.2) is 28.1 Å². The largest absolute Gasteiger partial charge is 0.394 e. The van der Waals surface area contributed by atoms with Gasteiger partial charge in [0, 0.05) is 22.2 Å². The van der Waals surface area contributed by atoms with E-state index in [1.165, 1.54) is 18.2 Å². The van der Waals surface area contributed by atoms with Gasteiger partial charge in [-0.05, 0) is 31.7 Å². The Kier molecular flexibility index (Phi) is 4.10. The number of aliphatic hydroxyl groups excluding tert-OH is 1. The lowest BCUT2D eigenvalue weighted by atomic mass is 9.96. The average Bonchev–Trinajstić information content (AvgIpc) is 3.22. The third-order valence-corrected chi connectivity index (χ3v) is 4.02. The molecule has 1 aliphatic carbocycles. The molecule has 1 amide bonds. The zero-order chi connectivity index (χ0) is 14.9. The van der Waals surface area contributed by atoms with Crippen molar-refractivity contribution in [3.05, 3.63) is 38.3 Å². The van der Waals surface area contributed by atoms with Crippen LogP contribution in [0.4, 0.5) is 5.69 Å². The van der Waals surface area contributed by atoms with Crippen molar-refractivity contribution in [1.82, 2.24) is 5.32 Å². The Morgan fingerprint density at radius 3 is 2.70 bits per heavy atom. The second-order valence-electron chi connectivity index (χ2n) is 5.26. The predicted molar refractivity (Wildman–Crippen MR) is 76.5 cm³/mol. The van der Waals surface area contributed by atoms with E-state index in [1.807, 2.05) is 0 Å². The molecule has 1 aromatic carbocycles. The van der Waals surface area contributed by atoms with E-state index in [0.717, 1.165) is 12.8 Å². The van der Waals surface area contributed by atoms with Gasteiger partial charge < -0.3 is 10.4 Å². The Balaban J connectivity index is 2.22. The van der Waals surface area contributed by atoms with Crippen molar-refractivity contribution < 1.29 is 14.8 Å². The highest BCUT2D eigenvalue weighted by molar-refractivity contribution is 9.10. The number of amides is 1. The van der Waals surface area contributed by atoms with Crippen LogP contribution in [0.2, 0.25) is 0 Å². The fraction of sp³-hybridized carbons (Fsp3) is 0.462. The number of hydrogen-bond donors (Lipinski definition) is 2. The first-order valence-electron chi connectivity index (χ1n) is 6.24. The smallest absolute Gasteiger partial charge is 0.271 e. The van der Waals surface area contributed by atoms with Gasteiger partial charge in [0.05, 0.1) is 17.1 Å². The molecule has 2 N–H and O–H groups in total. The number of aliphatic hydroxyl groups is 1. The van der Waals surface area contributed by atoms with Crippen LogP contribution in [0.3, 0.4) is 0 Å². The summed E-state index contributed by atoms with van der Waals surface area (Å²) in [6.07, 6.45) is 1.94. The molecule has 1 fully saturated rings. The van der Waals surface area contributed by atoms with Gasteiger partial charge in [-0.2, -0.15) is 0 Å². The molecule has 0 aromatic heterocycles. The molecule has 0 aliphatic heterocycles. The lowest BCUT2D eigenvalue weighted by molar-refractivity contribution is -0.385. The minimum absolute atomic E-state index is 0.151. The van der Waals surface area contributed by atoms with Crippen molar-refractivity contribution in [3.63, 3.8) is 0 Å². The van der Waals surface area contributed by atoms with Crippen LogP contribution in [0.5, 0.6) is 0 Å². The standard InChI is InChI=1S/C13H15BrN2O4/c1-13(7-17,9-2-3-9)15-12(18)8-4-10(14)6-11(5-8)16(19)20/h4-6,9,17H,2-3,7H2,1H3,(H,15,18). The molecule has 2 rings (SSSR count). The van der Waals surface area contributed by atoms with E-state index in [2.05, 4.69) is 21.2 Å². The number of carbonyl (C=O) groups excluding carboxylic acids is 1. The van der Waals surface area contributed by atoms with Gasteiger partial charge in [0.15, 0.2) is 0 Å². The SMILES string of the molecule is CC(CO)(NC(=O)c1cc(Br)cc([N+](=O)[O-])c1)C1CC1. The molecular weight excluding hydrogens is 328 g/mol. The number of rotatable bonds is 5.